The fourth-order valence-corrected chi connectivity index (χ4v) is 1.99. The summed E-state index contributed by atoms with van der Waals surface area (Å²) in [5.74, 6) is 1.10. The van der Waals surface area contributed by atoms with Crippen LogP contribution in [0.4, 0.5) is 0 Å². The Kier molecular flexibility index (Phi) is 7.02. The van der Waals surface area contributed by atoms with Gasteiger partial charge in [-0.25, -0.2) is 0 Å². The van der Waals surface area contributed by atoms with Crippen LogP contribution in [0.3, 0.4) is 0 Å². The maximum absolute atomic E-state index is 11.7. The highest BCUT2D eigenvalue weighted by atomic mass is 16.5. The number of aryl methyl sites for hydroxylation is 1. The zero-order chi connectivity index (χ0) is 15.8. The number of benzene rings is 1. The van der Waals surface area contributed by atoms with E-state index in [1.54, 1.807) is 7.11 Å². The van der Waals surface area contributed by atoms with Crippen LogP contribution in [0.5, 0.6) is 11.5 Å². The van der Waals surface area contributed by atoms with Crippen LogP contribution in [0.15, 0.2) is 18.2 Å². The van der Waals surface area contributed by atoms with Crippen molar-refractivity contribution in [2.45, 2.75) is 39.3 Å². The Morgan fingerprint density at radius 2 is 1.95 bits per heavy atom. The van der Waals surface area contributed by atoms with Crippen LogP contribution in [-0.2, 0) is 9.53 Å². The molecule has 0 aliphatic heterocycles. The monoisotopic (exact) mass is 295 g/mol. The molecule has 1 unspecified atom stereocenters. The van der Waals surface area contributed by atoms with Crippen molar-refractivity contribution in [2.24, 2.45) is 0 Å². The molecule has 0 radical (unpaired) electrons. The summed E-state index contributed by atoms with van der Waals surface area (Å²) in [5, 5.41) is 3.17. The standard InChI is InChI=1S/C16H25NO4/c1-11(2)17-13(16(18)20-5)8-9-21-14-7-6-12(3)10-15(14)19-4/h6-7,10-11,13,17H,8-9H2,1-5H3. The van der Waals surface area contributed by atoms with Gasteiger partial charge in [-0.1, -0.05) is 19.9 Å². The smallest absolute Gasteiger partial charge is 0.322 e. The van der Waals surface area contributed by atoms with E-state index in [-0.39, 0.29) is 18.1 Å². The van der Waals surface area contributed by atoms with Crippen molar-refractivity contribution < 1.29 is 19.0 Å². The van der Waals surface area contributed by atoms with E-state index < -0.39 is 0 Å². The van der Waals surface area contributed by atoms with Gasteiger partial charge in [0.1, 0.15) is 6.04 Å². The molecule has 1 aromatic rings. The zero-order valence-electron chi connectivity index (χ0n) is 13.4. The van der Waals surface area contributed by atoms with Gasteiger partial charge in [0.25, 0.3) is 0 Å². The Labute approximate surface area is 126 Å². The summed E-state index contributed by atoms with van der Waals surface area (Å²) in [6.07, 6.45) is 0.530. The molecule has 0 amide bonds. The molecule has 0 heterocycles. The number of esters is 1. The predicted molar refractivity (Wildman–Crippen MR) is 81.9 cm³/mol. The maximum atomic E-state index is 11.7. The molecular weight excluding hydrogens is 270 g/mol. The van der Waals surface area contributed by atoms with Gasteiger partial charge in [0, 0.05) is 12.5 Å². The van der Waals surface area contributed by atoms with Crippen LogP contribution in [0, 0.1) is 6.92 Å². The topological polar surface area (TPSA) is 56.8 Å². The normalized spacial score (nSPS) is 12.1. The first kappa shape index (κ1) is 17.3. The Balaban J connectivity index is 2.59. The fraction of sp³-hybridized carbons (Fsp3) is 0.562. The van der Waals surface area contributed by atoms with Crippen LogP contribution >= 0.6 is 0 Å². The predicted octanol–water partition coefficient (Wildman–Crippen LogP) is 2.31. The first-order valence-corrected chi connectivity index (χ1v) is 7.09. The van der Waals surface area contributed by atoms with Gasteiger partial charge in [0.2, 0.25) is 0 Å². The van der Waals surface area contributed by atoms with Gasteiger partial charge in [-0.15, -0.1) is 0 Å². The number of nitrogens with one attached hydrogen (secondary N) is 1. The average molecular weight is 295 g/mol. The highest BCUT2D eigenvalue weighted by molar-refractivity contribution is 5.75. The molecule has 21 heavy (non-hydrogen) atoms. The zero-order valence-corrected chi connectivity index (χ0v) is 13.4. The van der Waals surface area contributed by atoms with Gasteiger partial charge in [-0.3, -0.25) is 4.79 Å². The van der Waals surface area contributed by atoms with E-state index in [0.717, 1.165) is 5.56 Å². The molecule has 0 spiro atoms. The lowest BCUT2D eigenvalue weighted by Gasteiger charge is -2.19. The van der Waals surface area contributed by atoms with E-state index in [2.05, 4.69) is 5.32 Å². The van der Waals surface area contributed by atoms with E-state index in [0.29, 0.717) is 24.5 Å². The third-order valence-corrected chi connectivity index (χ3v) is 3.00. The first-order chi connectivity index (χ1) is 9.97. The largest absolute Gasteiger partial charge is 0.493 e. The number of ether oxygens (including phenoxy) is 3. The Hall–Kier alpha value is -1.75. The van der Waals surface area contributed by atoms with E-state index in [4.69, 9.17) is 14.2 Å². The van der Waals surface area contributed by atoms with Crippen LogP contribution in [0.25, 0.3) is 0 Å². The Morgan fingerprint density at radius 3 is 2.52 bits per heavy atom. The minimum Gasteiger partial charge on any atom is -0.493 e. The summed E-state index contributed by atoms with van der Waals surface area (Å²) < 4.78 is 15.8. The molecule has 0 saturated carbocycles. The van der Waals surface area contributed by atoms with Crippen molar-refractivity contribution in [2.75, 3.05) is 20.8 Å². The molecule has 0 aromatic heterocycles. The van der Waals surface area contributed by atoms with Gasteiger partial charge < -0.3 is 19.5 Å². The quantitative estimate of drug-likeness (QED) is 0.746. The molecule has 5 nitrogen and oxygen atoms in total. The van der Waals surface area contributed by atoms with Crippen molar-refractivity contribution in [3.05, 3.63) is 23.8 Å². The van der Waals surface area contributed by atoms with Crippen LogP contribution in [0.2, 0.25) is 0 Å². The molecule has 1 atom stereocenters. The van der Waals surface area contributed by atoms with E-state index in [9.17, 15) is 4.79 Å². The fourth-order valence-electron chi connectivity index (χ4n) is 1.99. The Bertz CT molecular complexity index is 460. The molecular formula is C16H25NO4. The highest BCUT2D eigenvalue weighted by Crippen LogP contribution is 2.27. The van der Waals surface area contributed by atoms with Crippen molar-refractivity contribution in [3.8, 4) is 11.5 Å². The van der Waals surface area contributed by atoms with Crippen molar-refractivity contribution in [3.63, 3.8) is 0 Å². The molecule has 0 aliphatic rings. The summed E-state index contributed by atoms with van der Waals surface area (Å²) in [5.41, 5.74) is 1.10. The second-order valence-corrected chi connectivity index (χ2v) is 5.19. The SMILES string of the molecule is COC(=O)C(CCOc1ccc(C)cc1OC)NC(C)C. The summed E-state index contributed by atoms with van der Waals surface area (Å²) in [4.78, 5) is 11.7. The van der Waals surface area contributed by atoms with Gasteiger partial charge in [-0.05, 0) is 24.6 Å². The molecule has 1 aromatic carbocycles. The molecule has 0 saturated heterocycles. The molecule has 0 aliphatic carbocycles. The van der Waals surface area contributed by atoms with E-state index in [1.165, 1.54) is 7.11 Å². The van der Waals surface area contributed by atoms with Crippen molar-refractivity contribution >= 4 is 5.97 Å². The van der Waals surface area contributed by atoms with E-state index in [1.807, 2.05) is 39.0 Å². The second kappa shape index (κ2) is 8.52. The number of hydrogen-bond donors (Lipinski definition) is 1. The molecule has 118 valence electrons. The minimum absolute atomic E-state index is 0.197. The lowest BCUT2D eigenvalue weighted by molar-refractivity contribution is -0.143. The number of rotatable bonds is 8. The number of carbonyl (C=O) groups excluding carboxylic acids is 1. The number of carbonyl (C=O) groups is 1. The van der Waals surface area contributed by atoms with Crippen molar-refractivity contribution in [1.82, 2.24) is 5.32 Å². The number of hydrogen-bond acceptors (Lipinski definition) is 5. The average Bonchev–Trinajstić information content (AvgIpc) is 2.46. The Morgan fingerprint density at radius 1 is 1.24 bits per heavy atom. The third kappa shape index (κ3) is 5.63. The van der Waals surface area contributed by atoms with Crippen LogP contribution in [0.1, 0.15) is 25.8 Å². The molecule has 0 fully saturated rings. The number of methoxy groups -OCH3 is 2. The summed E-state index contributed by atoms with van der Waals surface area (Å²) in [7, 11) is 3.00. The van der Waals surface area contributed by atoms with Crippen LogP contribution in [-0.4, -0.2) is 38.9 Å². The van der Waals surface area contributed by atoms with Crippen molar-refractivity contribution in [1.29, 1.82) is 0 Å². The van der Waals surface area contributed by atoms with Gasteiger partial charge >= 0.3 is 5.97 Å². The lowest BCUT2D eigenvalue weighted by atomic mass is 10.2. The minimum atomic E-state index is -0.369. The lowest BCUT2D eigenvalue weighted by Crippen LogP contribution is -2.42. The molecule has 0 bridgehead atoms. The second-order valence-electron chi connectivity index (χ2n) is 5.19. The van der Waals surface area contributed by atoms with Gasteiger partial charge in [-0.2, -0.15) is 0 Å². The summed E-state index contributed by atoms with van der Waals surface area (Å²) in [6, 6.07) is 5.58. The molecule has 1 N–H and O–H groups in total. The molecule has 1 rings (SSSR count). The first-order valence-electron chi connectivity index (χ1n) is 7.09. The van der Waals surface area contributed by atoms with E-state index >= 15 is 0 Å². The summed E-state index contributed by atoms with van der Waals surface area (Å²) >= 11 is 0. The molecule has 5 heteroatoms. The van der Waals surface area contributed by atoms with Gasteiger partial charge in [0.05, 0.1) is 20.8 Å². The maximum Gasteiger partial charge on any atom is 0.322 e. The summed E-state index contributed by atoms with van der Waals surface area (Å²) in [6.45, 7) is 6.37. The highest BCUT2D eigenvalue weighted by Gasteiger charge is 2.19. The third-order valence-electron chi connectivity index (χ3n) is 3.00. The van der Waals surface area contributed by atoms with Gasteiger partial charge in [0.15, 0.2) is 11.5 Å². The van der Waals surface area contributed by atoms with Crippen LogP contribution < -0.4 is 14.8 Å².